The van der Waals surface area contributed by atoms with E-state index in [1.165, 1.54) is 11.3 Å². The predicted molar refractivity (Wildman–Crippen MR) is 76.4 cm³/mol. The fraction of sp³-hybridized carbons (Fsp3) is 0.615. The average molecular weight is 285 g/mol. The molecule has 0 bridgehead atoms. The van der Waals surface area contributed by atoms with Crippen LogP contribution in [0.2, 0.25) is 0 Å². The Kier molecular flexibility index (Phi) is 4.70. The number of thioether (sulfide) groups is 1. The van der Waals surface area contributed by atoms with Crippen LogP contribution in [0.3, 0.4) is 0 Å². The molecule has 0 aliphatic carbocycles. The zero-order chi connectivity index (χ0) is 13.1. The van der Waals surface area contributed by atoms with Crippen molar-refractivity contribution in [2.75, 3.05) is 19.3 Å². The Morgan fingerprint density at radius 2 is 2.44 bits per heavy atom. The Morgan fingerprint density at radius 1 is 1.67 bits per heavy atom. The molecule has 1 saturated heterocycles. The van der Waals surface area contributed by atoms with Crippen molar-refractivity contribution in [2.45, 2.75) is 30.8 Å². The zero-order valence-electron chi connectivity index (χ0n) is 10.8. The molecule has 1 aliphatic heterocycles. The van der Waals surface area contributed by atoms with Crippen LogP contribution in [-0.4, -0.2) is 41.4 Å². The first-order valence-electron chi connectivity index (χ1n) is 6.22. The van der Waals surface area contributed by atoms with E-state index >= 15 is 0 Å². The van der Waals surface area contributed by atoms with Gasteiger partial charge in [-0.05, 0) is 37.5 Å². The molecular weight excluding hydrogens is 266 g/mol. The van der Waals surface area contributed by atoms with Gasteiger partial charge in [-0.3, -0.25) is 4.79 Å². The molecule has 1 aromatic rings. The van der Waals surface area contributed by atoms with Gasteiger partial charge in [-0.25, -0.2) is 0 Å². The van der Waals surface area contributed by atoms with Crippen molar-refractivity contribution < 1.29 is 9.90 Å². The number of aliphatic hydroxyl groups is 1. The molecule has 100 valence electrons. The molecule has 0 saturated carbocycles. The first-order chi connectivity index (χ1) is 8.63. The quantitative estimate of drug-likeness (QED) is 0.868. The molecule has 0 aromatic carbocycles. The van der Waals surface area contributed by atoms with Crippen LogP contribution in [0.15, 0.2) is 16.3 Å². The minimum Gasteiger partial charge on any atom is -0.393 e. The van der Waals surface area contributed by atoms with Gasteiger partial charge in [0.05, 0.1) is 6.10 Å². The van der Waals surface area contributed by atoms with E-state index in [1.54, 1.807) is 11.8 Å². The Balaban J connectivity index is 2.09. The molecule has 2 rings (SSSR count). The molecular formula is C13H19NO2S2. The van der Waals surface area contributed by atoms with Crippen LogP contribution in [0.1, 0.15) is 29.4 Å². The third-order valence-corrected chi connectivity index (χ3v) is 5.28. The largest absolute Gasteiger partial charge is 0.393 e. The average Bonchev–Trinajstić information content (AvgIpc) is 2.86. The van der Waals surface area contributed by atoms with E-state index in [9.17, 15) is 9.90 Å². The lowest BCUT2D eigenvalue weighted by Crippen LogP contribution is -2.42. The molecule has 2 unspecified atom stereocenters. The molecule has 2 atom stereocenters. The summed E-state index contributed by atoms with van der Waals surface area (Å²) in [5.74, 6) is 0.347. The minimum atomic E-state index is -0.330. The lowest BCUT2D eigenvalue weighted by molar-refractivity contribution is 0.0467. The lowest BCUT2D eigenvalue weighted by Gasteiger charge is -2.34. The van der Waals surface area contributed by atoms with Gasteiger partial charge >= 0.3 is 0 Å². The van der Waals surface area contributed by atoms with Crippen LogP contribution in [0.25, 0.3) is 0 Å². The molecule has 5 heteroatoms. The van der Waals surface area contributed by atoms with Crippen molar-refractivity contribution in [3.63, 3.8) is 0 Å². The fourth-order valence-corrected chi connectivity index (χ4v) is 4.06. The molecule has 1 N–H and O–H groups in total. The summed E-state index contributed by atoms with van der Waals surface area (Å²) in [5.41, 5.74) is 0. The van der Waals surface area contributed by atoms with E-state index < -0.39 is 0 Å². The molecule has 0 spiro atoms. The fourth-order valence-electron chi connectivity index (χ4n) is 2.35. The number of nitrogens with zero attached hydrogens (tertiary/aromatic N) is 1. The Bertz CT molecular complexity index is 417. The molecule has 1 aliphatic rings. The van der Waals surface area contributed by atoms with E-state index in [0.29, 0.717) is 6.54 Å². The number of rotatable bonds is 3. The highest BCUT2D eigenvalue weighted by atomic mass is 32.2. The second-order valence-electron chi connectivity index (χ2n) is 4.71. The zero-order valence-corrected chi connectivity index (χ0v) is 12.4. The van der Waals surface area contributed by atoms with E-state index in [1.807, 2.05) is 29.5 Å². The number of piperidine rings is 1. The monoisotopic (exact) mass is 285 g/mol. The van der Waals surface area contributed by atoms with Gasteiger partial charge in [-0.2, -0.15) is 0 Å². The second kappa shape index (κ2) is 6.08. The van der Waals surface area contributed by atoms with Crippen molar-refractivity contribution in [3.05, 3.63) is 16.3 Å². The number of thiophene rings is 1. The summed E-state index contributed by atoms with van der Waals surface area (Å²) < 4.78 is 0. The summed E-state index contributed by atoms with van der Waals surface area (Å²) in [7, 11) is 0. The first-order valence-corrected chi connectivity index (χ1v) is 8.32. The van der Waals surface area contributed by atoms with E-state index in [-0.39, 0.29) is 17.9 Å². The maximum Gasteiger partial charge on any atom is 0.265 e. The molecule has 3 nitrogen and oxygen atoms in total. The van der Waals surface area contributed by atoms with Crippen LogP contribution >= 0.6 is 23.1 Å². The van der Waals surface area contributed by atoms with Gasteiger partial charge < -0.3 is 10.0 Å². The molecule has 18 heavy (non-hydrogen) atoms. The van der Waals surface area contributed by atoms with Gasteiger partial charge in [0.25, 0.3) is 5.91 Å². The van der Waals surface area contributed by atoms with Gasteiger partial charge in [-0.15, -0.1) is 23.1 Å². The summed E-state index contributed by atoms with van der Waals surface area (Å²) in [5, 5.41) is 11.6. The number of likely N-dealkylation sites (tertiary alicyclic amines) is 1. The number of aliphatic hydroxyl groups excluding tert-OH is 1. The number of hydrogen-bond acceptors (Lipinski definition) is 4. The van der Waals surface area contributed by atoms with E-state index in [4.69, 9.17) is 0 Å². The van der Waals surface area contributed by atoms with Crippen molar-refractivity contribution in [2.24, 2.45) is 5.92 Å². The van der Waals surface area contributed by atoms with Gasteiger partial charge in [0.1, 0.15) is 4.88 Å². The molecule has 2 heterocycles. The van der Waals surface area contributed by atoms with Crippen molar-refractivity contribution >= 4 is 29.0 Å². The predicted octanol–water partition coefficient (Wildman–Crippen LogP) is 2.70. The number of hydrogen-bond donors (Lipinski definition) is 1. The summed E-state index contributed by atoms with van der Waals surface area (Å²) in [6.45, 7) is 3.31. The van der Waals surface area contributed by atoms with Crippen molar-refractivity contribution in [3.8, 4) is 0 Å². The van der Waals surface area contributed by atoms with E-state index in [2.05, 4.69) is 0 Å². The highest BCUT2D eigenvalue weighted by Gasteiger charge is 2.28. The SMILES string of the molecule is CSc1ccsc1C(=O)N1CCCC(C(C)O)C1. The number of carbonyl (C=O) groups is 1. The molecule has 0 radical (unpaired) electrons. The Labute approximate surface area is 116 Å². The minimum absolute atomic E-state index is 0.125. The molecule has 1 aromatic heterocycles. The normalized spacial score (nSPS) is 21.9. The smallest absolute Gasteiger partial charge is 0.265 e. The van der Waals surface area contributed by atoms with Crippen LogP contribution in [0, 0.1) is 5.92 Å². The third kappa shape index (κ3) is 2.90. The van der Waals surface area contributed by atoms with Crippen LogP contribution < -0.4 is 0 Å². The maximum atomic E-state index is 12.5. The van der Waals surface area contributed by atoms with Crippen molar-refractivity contribution in [1.82, 2.24) is 4.90 Å². The van der Waals surface area contributed by atoms with Gasteiger partial charge in [0.2, 0.25) is 0 Å². The maximum absolute atomic E-state index is 12.5. The summed E-state index contributed by atoms with van der Waals surface area (Å²) in [6.07, 6.45) is 3.67. The van der Waals surface area contributed by atoms with Gasteiger partial charge in [-0.1, -0.05) is 0 Å². The number of amides is 1. The van der Waals surface area contributed by atoms with Crippen LogP contribution in [-0.2, 0) is 0 Å². The number of carbonyl (C=O) groups excluding carboxylic acids is 1. The molecule has 1 fully saturated rings. The second-order valence-corrected chi connectivity index (χ2v) is 6.48. The van der Waals surface area contributed by atoms with Crippen LogP contribution in [0.5, 0.6) is 0 Å². The Morgan fingerprint density at radius 3 is 3.11 bits per heavy atom. The van der Waals surface area contributed by atoms with Gasteiger partial charge in [0, 0.05) is 23.9 Å². The summed E-state index contributed by atoms with van der Waals surface area (Å²) >= 11 is 3.13. The van der Waals surface area contributed by atoms with Crippen LogP contribution in [0.4, 0.5) is 0 Å². The van der Waals surface area contributed by atoms with E-state index in [0.717, 1.165) is 29.2 Å². The van der Waals surface area contributed by atoms with Crippen molar-refractivity contribution in [1.29, 1.82) is 0 Å². The topological polar surface area (TPSA) is 40.5 Å². The standard InChI is InChI=1S/C13H19NO2S2/c1-9(15)10-4-3-6-14(8-10)13(16)12-11(17-2)5-7-18-12/h5,7,9-10,15H,3-4,6,8H2,1-2H3. The highest BCUT2D eigenvalue weighted by Crippen LogP contribution is 2.29. The molecule has 1 amide bonds. The lowest BCUT2D eigenvalue weighted by atomic mass is 9.93. The summed E-state index contributed by atoms with van der Waals surface area (Å²) in [4.78, 5) is 16.2. The summed E-state index contributed by atoms with van der Waals surface area (Å²) in [6, 6.07) is 2.00. The third-order valence-electron chi connectivity index (χ3n) is 3.47. The Hall–Kier alpha value is -0.520. The van der Waals surface area contributed by atoms with Gasteiger partial charge in [0.15, 0.2) is 0 Å². The first kappa shape index (κ1) is 13.9. The highest BCUT2D eigenvalue weighted by molar-refractivity contribution is 7.98.